The van der Waals surface area contributed by atoms with Gasteiger partial charge in [-0.2, -0.15) is 0 Å². The van der Waals surface area contributed by atoms with Crippen molar-refractivity contribution in [3.05, 3.63) is 17.7 Å². The summed E-state index contributed by atoms with van der Waals surface area (Å²) in [6.07, 6.45) is -1.02. The molecule has 0 saturated carbocycles. The Balaban J connectivity index is 1.99. The number of carbonyl (C=O) groups excluding carboxylic acids is 2. The lowest BCUT2D eigenvalue weighted by molar-refractivity contribution is 0.0442. The predicted molar refractivity (Wildman–Crippen MR) is 120 cm³/mol. The average molecular weight is 438 g/mol. The van der Waals surface area contributed by atoms with E-state index in [1.165, 1.54) is 0 Å². The number of rotatable bonds is 6. The Labute approximate surface area is 183 Å². The SMILES string of the molecule is C[C@H](COCc1cc2c(c(NC(=O)OC(C)(C)C)c1)N(C)NN2)NC(=O)OC(C)(C)C. The Morgan fingerprint density at radius 2 is 1.68 bits per heavy atom. The van der Waals surface area contributed by atoms with Gasteiger partial charge >= 0.3 is 12.2 Å². The average Bonchev–Trinajstić information content (AvgIpc) is 2.92. The van der Waals surface area contributed by atoms with E-state index in [2.05, 4.69) is 21.6 Å². The van der Waals surface area contributed by atoms with E-state index in [4.69, 9.17) is 14.2 Å². The second kappa shape index (κ2) is 9.61. The zero-order valence-electron chi connectivity index (χ0n) is 19.6. The van der Waals surface area contributed by atoms with Crippen LogP contribution in [0.4, 0.5) is 26.7 Å². The molecule has 10 nitrogen and oxygen atoms in total. The molecule has 31 heavy (non-hydrogen) atoms. The molecule has 0 bridgehead atoms. The van der Waals surface area contributed by atoms with Crippen molar-refractivity contribution in [1.29, 1.82) is 0 Å². The molecule has 1 heterocycles. The summed E-state index contributed by atoms with van der Waals surface area (Å²) in [6, 6.07) is 3.53. The van der Waals surface area contributed by atoms with Crippen molar-refractivity contribution in [2.75, 3.05) is 29.4 Å². The highest BCUT2D eigenvalue weighted by Gasteiger charge is 2.24. The van der Waals surface area contributed by atoms with Gasteiger partial charge in [0.05, 0.1) is 30.6 Å². The first-order valence-corrected chi connectivity index (χ1v) is 10.2. The zero-order chi connectivity index (χ0) is 23.4. The van der Waals surface area contributed by atoms with Crippen molar-refractivity contribution < 1.29 is 23.8 Å². The van der Waals surface area contributed by atoms with Crippen LogP contribution in [0.15, 0.2) is 12.1 Å². The van der Waals surface area contributed by atoms with Crippen molar-refractivity contribution in [3.63, 3.8) is 0 Å². The van der Waals surface area contributed by atoms with E-state index >= 15 is 0 Å². The highest BCUT2D eigenvalue weighted by atomic mass is 16.6. The van der Waals surface area contributed by atoms with Gasteiger partial charge in [0.2, 0.25) is 0 Å². The minimum atomic E-state index is -0.604. The molecule has 1 aliphatic rings. The molecule has 2 rings (SSSR count). The molecule has 174 valence electrons. The molecule has 0 aromatic heterocycles. The first kappa shape index (κ1) is 24.5. The van der Waals surface area contributed by atoms with E-state index in [1.807, 2.05) is 67.6 Å². The molecule has 0 radical (unpaired) electrons. The van der Waals surface area contributed by atoms with Crippen molar-refractivity contribution in [3.8, 4) is 0 Å². The number of ether oxygens (including phenoxy) is 3. The third-order valence-corrected chi connectivity index (χ3v) is 3.90. The van der Waals surface area contributed by atoms with Gasteiger partial charge in [-0.15, -0.1) is 5.53 Å². The van der Waals surface area contributed by atoms with E-state index in [9.17, 15) is 9.59 Å². The van der Waals surface area contributed by atoms with E-state index in [0.29, 0.717) is 18.9 Å². The minimum absolute atomic E-state index is 0.227. The summed E-state index contributed by atoms with van der Waals surface area (Å²) in [7, 11) is 1.83. The van der Waals surface area contributed by atoms with Gasteiger partial charge in [-0.1, -0.05) is 0 Å². The molecule has 0 spiro atoms. The molecule has 2 amide bonds. The predicted octanol–water partition coefficient (Wildman–Crippen LogP) is 3.74. The lowest BCUT2D eigenvalue weighted by Crippen LogP contribution is -2.39. The summed E-state index contributed by atoms with van der Waals surface area (Å²) in [5, 5.41) is 7.31. The molecule has 1 aromatic carbocycles. The number of hydrogen-bond acceptors (Lipinski definition) is 8. The van der Waals surface area contributed by atoms with E-state index in [-0.39, 0.29) is 6.04 Å². The lowest BCUT2D eigenvalue weighted by Gasteiger charge is -2.22. The molecule has 1 aliphatic heterocycles. The molecule has 0 aliphatic carbocycles. The molecule has 0 fully saturated rings. The Morgan fingerprint density at radius 1 is 1.06 bits per heavy atom. The maximum atomic E-state index is 12.3. The van der Waals surface area contributed by atoms with Crippen LogP contribution in [-0.4, -0.2) is 43.1 Å². The second-order valence-corrected chi connectivity index (χ2v) is 9.52. The fourth-order valence-electron chi connectivity index (χ4n) is 2.85. The summed E-state index contributed by atoms with van der Waals surface area (Å²) >= 11 is 0. The second-order valence-electron chi connectivity index (χ2n) is 9.52. The normalized spacial score (nSPS) is 14.4. The van der Waals surface area contributed by atoms with Crippen molar-refractivity contribution in [2.45, 2.75) is 72.3 Å². The number of anilines is 3. The van der Waals surface area contributed by atoms with Crippen LogP contribution in [0.3, 0.4) is 0 Å². The number of benzene rings is 1. The number of alkyl carbamates (subject to hydrolysis) is 1. The van der Waals surface area contributed by atoms with Gasteiger partial charge in [0.1, 0.15) is 16.9 Å². The van der Waals surface area contributed by atoms with Crippen molar-refractivity contribution in [2.24, 2.45) is 0 Å². The molecular weight excluding hydrogens is 402 g/mol. The van der Waals surface area contributed by atoms with Crippen LogP contribution in [0.1, 0.15) is 54.0 Å². The molecule has 0 unspecified atom stereocenters. The van der Waals surface area contributed by atoms with E-state index in [0.717, 1.165) is 16.9 Å². The summed E-state index contributed by atoms with van der Waals surface area (Å²) < 4.78 is 16.4. The number of hydrazine groups is 2. The molecule has 1 aromatic rings. The number of amides is 2. The van der Waals surface area contributed by atoms with Gasteiger partial charge in [-0.05, 0) is 66.2 Å². The Morgan fingerprint density at radius 3 is 2.29 bits per heavy atom. The lowest BCUT2D eigenvalue weighted by atomic mass is 10.1. The van der Waals surface area contributed by atoms with Gasteiger partial charge in [-0.3, -0.25) is 10.3 Å². The highest BCUT2D eigenvalue weighted by Crippen LogP contribution is 2.37. The quantitative estimate of drug-likeness (QED) is 0.532. The van der Waals surface area contributed by atoms with Crippen LogP contribution in [0.5, 0.6) is 0 Å². The van der Waals surface area contributed by atoms with Crippen LogP contribution in [0.2, 0.25) is 0 Å². The maximum absolute atomic E-state index is 12.3. The molecule has 1 atom stereocenters. The van der Waals surface area contributed by atoms with Gasteiger partial charge in [0, 0.05) is 7.05 Å². The van der Waals surface area contributed by atoms with Crippen LogP contribution in [0, 0.1) is 0 Å². The number of nitrogens with zero attached hydrogens (tertiary/aromatic N) is 1. The van der Waals surface area contributed by atoms with Crippen molar-refractivity contribution in [1.82, 2.24) is 10.9 Å². The molecule has 10 heteroatoms. The summed E-state index contributed by atoms with van der Waals surface area (Å²) in [4.78, 5) is 24.1. The maximum Gasteiger partial charge on any atom is 0.412 e. The van der Waals surface area contributed by atoms with Crippen molar-refractivity contribution >= 4 is 29.2 Å². The Bertz CT molecular complexity index is 801. The Kier molecular flexibility index (Phi) is 7.61. The number of nitrogens with one attached hydrogen (secondary N) is 4. The monoisotopic (exact) mass is 437 g/mol. The first-order valence-electron chi connectivity index (χ1n) is 10.2. The van der Waals surface area contributed by atoms with E-state index < -0.39 is 23.4 Å². The zero-order valence-corrected chi connectivity index (χ0v) is 19.6. The van der Waals surface area contributed by atoms with Gasteiger partial charge in [-0.25, -0.2) is 9.59 Å². The number of hydrogen-bond donors (Lipinski definition) is 4. The smallest absolute Gasteiger partial charge is 0.412 e. The van der Waals surface area contributed by atoms with Gasteiger partial charge in [0.15, 0.2) is 0 Å². The van der Waals surface area contributed by atoms with Crippen LogP contribution >= 0.6 is 0 Å². The number of carbonyl (C=O) groups is 2. The third kappa shape index (κ3) is 8.14. The van der Waals surface area contributed by atoms with Gasteiger partial charge in [0.25, 0.3) is 0 Å². The first-order chi connectivity index (χ1) is 14.2. The fraction of sp³-hybridized carbons (Fsp3) is 0.619. The molecule has 4 N–H and O–H groups in total. The summed E-state index contributed by atoms with van der Waals surface area (Å²) in [6.45, 7) is 13.3. The van der Waals surface area contributed by atoms with Crippen LogP contribution in [0.25, 0.3) is 0 Å². The molecule has 0 saturated heterocycles. The molecular formula is C21H35N5O5. The third-order valence-electron chi connectivity index (χ3n) is 3.90. The highest BCUT2D eigenvalue weighted by molar-refractivity contribution is 5.95. The van der Waals surface area contributed by atoms with E-state index in [1.54, 1.807) is 5.01 Å². The summed E-state index contributed by atoms with van der Waals surface area (Å²) in [5.41, 5.74) is 7.89. The fourth-order valence-corrected chi connectivity index (χ4v) is 2.85. The number of fused-ring (bicyclic) bond motifs is 1. The van der Waals surface area contributed by atoms with Crippen LogP contribution < -0.4 is 26.6 Å². The van der Waals surface area contributed by atoms with Gasteiger partial charge < -0.3 is 25.0 Å². The summed E-state index contributed by atoms with van der Waals surface area (Å²) in [5.74, 6) is 0. The topological polar surface area (TPSA) is 113 Å². The Hall–Kier alpha value is -2.72. The standard InChI is InChI=1S/C21H35N5O5/c1-13(22-18(27)30-20(2,3)4)11-29-12-14-9-15(23-19(28)31-21(5,6)7)17-16(10-14)24-25-26(17)8/h9-10,13,24-25H,11-12H2,1-8H3,(H,22,27)(H,23,28)/t13-/m1/s1. The largest absolute Gasteiger partial charge is 0.444 e. The van der Waals surface area contributed by atoms with Crippen LogP contribution in [-0.2, 0) is 20.8 Å². The minimum Gasteiger partial charge on any atom is -0.444 e.